The second-order valence-electron chi connectivity index (χ2n) is 6.40. The van der Waals surface area contributed by atoms with Gasteiger partial charge in [-0.25, -0.2) is 0 Å². The summed E-state index contributed by atoms with van der Waals surface area (Å²) in [6, 6.07) is 17.7. The van der Waals surface area contributed by atoms with Gasteiger partial charge in [-0.15, -0.1) is 0 Å². The fourth-order valence-electron chi connectivity index (χ4n) is 3.22. The second-order valence-corrected chi connectivity index (χ2v) is 6.40. The minimum absolute atomic E-state index is 0.0487. The van der Waals surface area contributed by atoms with Crippen LogP contribution in [-0.4, -0.2) is 11.0 Å². The molecule has 0 unspecified atom stereocenters. The number of para-hydroxylation sites is 1. The summed E-state index contributed by atoms with van der Waals surface area (Å²) in [6.45, 7) is 0. The van der Waals surface area contributed by atoms with Crippen LogP contribution in [0.3, 0.4) is 0 Å². The molecule has 1 aliphatic rings. The van der Waals surface area contributed by atoms with E-state index < -0.39 is 17.9 Å². The largest absolute Gasteiger partial charge is 0.508 e. The molecule has 1 heterocycles. The van der Waals surface area contributed by atoms with Gasteiger partial charge in [0.05, 0.1) is 11.1 Å². The second kappa shape index (κ2) is 6.60. The van der Waals surface area contributed by atoms with Crippen LogP contribution in [0.2, 0.25) is 0 Å². The van der Waals surface area contributed by atoms with Crippen molar-refractivity contribution in [1.82, 2.24) is 0 Å². The van der Waals surface area contributed by atoms with Crippen LogP contribution < -0.4 is 10.2 Å². The number of carbonyl (C=O) groups excluding carboxylic acids is 1. The van der Waals surface area contributed by atoms with Crippen LogP contribution in [0.25, 0.3) is 0 Å². The lowest BCUT2D eigenvalue weighted by atomic mass is 10.0. The number of nitrogens with one attached hydrogen (secondary N) is 1. The Bertz CT molecular complexity index is 1020. The van der Waals surface area contributed by atoms with E-state index in [-0.39, 0.29) is 11.7 Å². The lowest BCUT2D eigenvalue weighted by Gasteiger charge is -2.38. The summed E-state index contributed by atoms with van der Waals surface area (Å²) in [5, 5.41) is 12.8. The molecule has 3 aromatic rings. The van der Waals surface area contributed by atoms with Crippen LogP contribution in [0.15, 0.2) is 72.8 Å². The van der Waals surface area contributed by atoms with Gasteiger partial charge in [-0.1, -0.05) is 24.3 Å². The van der Waals surface area contributed by atoms with Crippen LogP contribution in [0.1, 0.15) is 27.7 Å². The summed E-state index contributed by atoms with van der Waals surface area (Å²) in [7, 11) is 0. The predicted molar refractivity (Wildman–Crippen MR) is 99.2 cm³/mol. The molecule has 4 rings (SSSR count). The van der Waals surface area contributed by atoms with Gasteiger partial charge < -0.3 is 10.4 Å². The van der Waals surface area contributed by atoms with Crippen molar-refractivity contribution in [3.05, 3.63) is 89.5 Å². The molecule has 0 bridgehead atoms. The van der Waals surface area contributed by atoms with Crippen molar-refractivity contribution in [2.24, 2.45) is 0 Å². The summed E-state index contributed by atoms with van der Waals surface area (Å²) >= 11 is 0. The molecule has 4 nitrogen and oxygen atoms in total. The minimum atomic E-state index is -4.43. The number of halogens is 3. The Morgan fingerprint density at radius 1 is 0.893 bits per heavy atom. The third-order valence-corrected chi connectivity index (χ3v) is 4.61. The van der Waals surface area contributed by atoms with E-state index in [9.17, 15) is 23.1 Å². The van der Waals surface area contributed by atoms with E-state index in [1.165, 1.54) is 29.2 Å². The molecule has 0 spiro atoms. The Hall–Kier alpha value is -3.48. The monoisotopic (exact) mass is 384 g/mol. The summed E-state index contributed by atoms with van der Waals surface area (Å²) in [4.78, 5) is 14.6. The lowest BCUT2D eigenvalue weighted by molar-refractivity contribution is -0.137. The average Bonchev–Trinajstić information content (AvgIpc) is 2.68. The van der Waals surface area contributed by atoms with Gasteiger partial charge >= 0.3 is 6.18 Å². The standard InChI is InChI=1S/C21H15F3N2O2/c22-21(23,24)14-7-5-13(6-8-14)19-25-18-4-2-1-3-17(18)20(28)26(19)15-9-11-16(27)12-10-15/h1-12,19,25,27H/t19-/m0/s1. The van der Waals surface area contributed by atoms with Gasteiger partial charge in [0.15, 0.2) is 0 Å². The summed E-state index contributed by atoms with van der Waals surface area (Å²) in [5.41, 5.74) is 1.32. The average molecular weight is 384 g/mol. The van der Waals surface area contributed by atoms with E-state index in [1.54, 1.807) is 36.4 Å². The van der Waals surface area contributed by atoms with Crippen LogP contribution in [-0.2, 0) is 6.18 Å². The molecule has 0 aliphatic carbocycles. The number of hydrogen-bond donors (Lipinski definition) is 2. The van der Waals surface area contributed by atoms with E-state index in [2.05, 4.69) is 5.32 Å². The molecule has 0 saturated carbocycles. The highest BCUT2D eigenvalue weighted by molar-refractivity contribution is 6.12. The maximum absolute atomic E-state index is 13.2. The van der Waals surface area contributed by atoms with E-state index in [0.29, 0.717) is 22.5 Å². The van der Waals surface area contributed by atoms with Crippen molar-refractivity contribution >= 4 is 17.3 Å². The van der Waals surface area contributed by atoms with E-state index in [4.69, 9.17) is 0 Å². The smallest absolute Gasteiger partial charge is 0.416 e. The number of hydrogen-bond acceptors (Lipinski definition) is 3. The van der Waals surface area contributed by atoms with Gasteiger partial charge in [0.25, 0.3) is 5.91 Å². The Morgan fingerprint density at radius 3 is 2.18 bits per heavy atom. The first-order valence-corrected chi connectivity index (χ1v) is 8.50. The number of phenols is 1. The van der Waals surface area contributed by atoms with Crippen LogP contribution in [0.5, 0.6) is 5.75 Å². The summed E-state index contributed by atoms with van der Waals surface area (Å²) < 4.78 is 38.7. The number of rotatable bonds is 2. The Kier molecular flexibility index (Phi) is 4.22. The predicted octanol–water partition coefficient (Wildman–Crippen LogP) is 5.18. The molecular weight excluding hydrogens is 369 g/mol. The molecule has 0 saturated heterocycles. The normalized spacial score (nSPS) is 16.5. The zero-order valence-corrected chi connectivity index (χ0v) is 14.4. The number of anilines is 2. The molecular formula is C21H15F3N2O2. The maximum Gasteiger partial charge on any atom is 0.416 e. The highest BCUT2D eigenvalue weighted by Gasteiger charge is 2.35. The van der Waals surface area contributed by atoms with Crippen molar-refractivity contribution in [2.75, 3.05) is 10.2 Å². The molecule has 3 aromatic carbocycles. The number of phenolic OH excluding ortho intramolecular Hbond substituents is 1. The highest BCUT2D eigenvalue weighted by Crippen LogP contribution is 2.38. The first kappa shape index (κ1) is 17.9. The minimum Gasteiger partial charge on any atom is -0.508 e. The highest BCUT2D eigenvalue weighted by atomic mass is 19.4. The first-order chi connectivity index (χ1) is 13.3. The molecule has 142 valence electrons. The lowest BCUT2D eigenvalue weighted by Crippen LogP contribution is -2.43. The topological polar surface area (TPSA) is 52.6 Å². The number of alkyl halides is 3. The van der Waals surface area contributed by atoms with Crippen LogP contribution in [0.4, 0.5) is 24.5 Å². The summed E-state index contributed by atoms with van der Waals surface area (Å²) in [6.07, 6.45) is -5.13. The van der Waals surface area contributed by atoms with E-state index in [0.717, 1.165) is 12.1 Å². The maximum atomic E-state index is 13.2. The number of benzene rings is 3. The summed E-state index contributed by atoms with van der Waals surface area (Å²) in [5.74, 6) is -0.238. The fourth-order valence-corrected chi connectivity index (χ4v) is 3.22. The van der Waals surface area contributed by atoms with Crippen LogP contribution >= 0.6 is 0 Å². The SMILES string of the molecule is O=C1c2ccccc2N[C@H](c2ccc(C(F)(F)F)cc2)N1c1ccc(O)cc1. The van der Waals surface area contributed by atoms with Crippen molar-refractivity contribution in [3.63, 3.8) is 0 Å². The Morgan fingerprint density at radius 2 is 1.54 bits per heavy atom. The van der Waals surface area contributed by atoms with Gasteiger partial charge in [-0.2, -0.15) is 13.2 Å². The third kappa shape index (κ3) is 3.15. The van der Waals surface area contributed by atoms with Gasteiger partial charge in [0.1, 0.15) is 11.9 Å². The Balaban J connectivity index is 1.80. The van der Waals surface area contributed by atoms with E-state index >= 15 is 0 Å². The zero-order chi connectivity index (χ0) is 19.9. The van der Waals surface area contributed by atoms with Crippen molar-refractivity contribution in [1.29, 1.82) is 0 Å². The van der Waals surface area contributed by atoms with Crippen molar-refractivity contribution in [3.8, 4) is 5.75 Å². The Labute approximate surface area is 158 Å². The number of amides is 1. The third-order valence-electron chi connectivity index (χ3n) is 4.61. The molecule has 7 heteroatoms. The quantitative estimate of drug-likeness (QED) is 0.640. The zero-order valence-electron chi connectivity index (χ0n) is 14.4. The number of fused-ring (bicyclic) bond motifs is 1. The molecule has 0 aromatic heterocycles. The number of nitrogens with zero attached hydrogens (tertiary/aromatic N) is 1. The van der Waals surface area contributed by atoms with Gasteiger partial charge in [-0.3, -0.25) is 9.69 Å². The number of aromatic hydroxyl groups is 1. The molecule has 0 radical (unpaired) electrons. The molecule has 0 fully saturated rings. The molecule has 1 atom stereocenters. The number of carbonyl (C=O) groups is 1. The van der Waals surface area contributed by atoms with Gasteiger partial charge in [0, 0.05) is 11.4 Å². The van der Waals surface area contributed by atoms with E-state index in [1.807, 2.05) is 0 Å². The molecule has 1 aliphatic heterocycles. The molecule has 28 heavy (non-hydrogen) atoms. The fraction of sp³-hybridized carbons (Fsp3) is 0.0952. The van der Waals surface area contributed by atoms with Crippen molar-refractivity contribution in [2.45, 2.75) is 12.3 Å². The molecule has 2 N–H and O–H groups in total. The molecule has 1 amide bonds. The van der Waals surface area contributed by atoms with Crippen molar-refractivity contribution < 1.29 is 23.1 Å². The van der Waals surface area contributed by atoms with Gasteiger partial charge in [-0.05, 0) is 54.1 Å². The van der Waals surface area contributed by atoms with Gasteiger partial charge in [0.2, 0.25) is 0 Å². The van der Waals surface area contributed by atoms with Crippen LogP contribution in [0, 0.1) is 0 Å². The first-order valence-electron chi connectivity index (χ1n) is 8.50.